The Kier molecular flexibility index (Phi) is 4.22. The van der Waals surface area contributed by atoms with Crippen LogP contribution in [-0.4, -0.2) is 31.1 Å². The van der Waals surface area contributed by atoms with E-state index in [0.717, 1.165) is 13.0 Å². The van der Waals surface area contributed by atoms with Crippen LogP contribution < -0.4 is 0 Å². The summed E-state index contributed by atoms with van der Waals surface area (Å²) in [5.74, 6) is 0. The summed E-state index contributed by atoms with van der Waals surface area (Å²) in [7, 11) is 1.72. The molecule has 2 nitrogen and oxygen atoms in total. The van der Waals surface area contributed by atoms with Crippen LogP contribution in [0, 0.1) is 0 Å². The van der Waals surface area contributed by atoms with Gasteiger partial charge >= 0.3 is 6.04 Å². The summed E-state index contributed by atoms with van der Waals surface area (Å²) in [6, 6.07) is -1.26. The van der Waals surface area contributed by atoms with E-state index in [0.29, 0.717) is 0 Å². The predicted octanol–water partition coefficient (Wildman–Crippen LogP) is 0.824. The van der Waals surface area contributed by atoms with Crippen molar-refractivity contribution < 1.29 is 9.18 Å². The molecule has 0 rings (SSSR count). The summed E-state index contributed by atoms with van der Waals surface area (Å²) >= 11 is 0. The zero-order valence-corrected chi connectivity index (χ0v) is 5.85. The molecular weight excluding hydrogens is 121 g/mol. The summed E-state index contributed by atoms with van der Waals surface area (Å²) in [5.41, 5.74) is 0. The van der Waals surface area contributed by atoms with Crippen molar-refractivity contribution in [2.24, 2.45) is 0 Å². The van der Waals surface area contributed by atoms with E-state index < -0.39 is 6.04 Å². The molecule has 9 heavy (non-hydrogen) atoms. The monoisotopic (exact) mass is 133 g/mol. The molecule has 0 saturated carbocycles. The first-order valence-electron chi connectivity index (χ1n) is 3.03. The maximum Gasteiger partial charge on any atom is 0.315 e. The van der Waals surface area contributed by atoms with Crippen LogP contribution in [0.1, 0.15) is 13.3 Å². The Hall–Kier alpha value is -0.440. The average molecular weight is 133 g/mol. The lowest BCUT2D eigenvalue weighted by Gasteiger charge is -2.10. The molecule has 0 unspecified atom stereocenters. The van der Waals surface area contributed by atoms with Gasteiger partial charge in [0.25, 0.3) is 0 Å². The second kappa shape index (κ2) is 4.44. The topological polar surface area (TPSA) is 20.3 Å². The molecule has 0 fully saturated rings. The molecule has 0 amide bonds. The number of hydrogen-bond donors (Lipinski definition) is 0. The van der Waals surface area contributed by atoms with Gasteiger partial charge in [-0.1, -0.05) is 6.92 Å². The smallest absolute Gasteiger partial charge is 0.297 e. The molecule has 0 spiro atoms. The molecule has 0 aromatic heterocycles. The SMILES string of the molecule is CCCN(C)CC(=O)F. The Morgan fingerprint density at radius 3 is 2.56 bits per heavy atom. The van der Waals surface area contributed by atoms with Crippen molar-refractivity contribution in [3.05, 3.63) is 0 Å². The van der Waals surface area contributed by atoms with Crippen molar-refractivity contribution in [3.63, 3.8) is 0 Å². The third-order valence-electron chi connectivity index (χ3n) is 1.000. The van der Waals surface area contributed by atoms with Gasteiger partial charge in [-0.05, 0) is 20.0 Å². The highest BCUT2D eigenvalue weighted by molar-refractivity contribution is 5.70. The lowest BCUT2D eigenvalue weighted by molar-refractivity contribution is -0.130. The van der Waals surface area contributed by atoms with Crippen molar-refractivity contribution in [3.8, 4) is 0 Å². The molecular formula is C6H12FNO. The summed E-state index contributed by atoms with van der Waals surface area (Å²) in [4.78, 5) is 11.5. The minimum atomic E-state index is -1.26. The van der Waals surface area contributed by atoms with Gasteiger partial charge in [0.1, 0.15) is 0 Å². The van der Waals surface area contributed by atoms with Crippen LogP contribution in [0.15, 0.2) is 0 Å². The van der Waals surface area contributed by atoms with Crippen LogP contribution in [0.2, 0.25) is 0 Å². The number of halogens is 1. The fourth-order valence-corrected chi connectivity index (χ4v) is 0.673. The molecule has 3 heteroatoms. The van der Waals surface area contributed by atoms with E-state index in [2.05, 4.69) is 0 Å². The van der Waals surface area contributed by atoms with Gasteiger partial charge in [0.15, 0.2) is 0 Å². The Morgan fingerprint density at radius 2 is 2.22 bits per heavy atom. The Labute approximate surface area is 54.7 Å². The number of carbonyl (C=O) groups excluding carboxylic acids is 1. The maximum atomic E-state index is 11.6. The Bertz CT molecular complexity index is 95.1. The average Bonchev–Trinajstić information content (AvgIpc) is 1.63. The lowest BCUT2D eigenvalue weighted by atomic mass is 10.4. The van der Waals surface area contributed by atoms with E-state index in [9.17, 15) is 9.18 Å². The summed E-state index contributed by atoms with van der Waals surface area (Å²) in [6.07, 6.45) is 0.948. The second-order valence-corrected chi connectivity index (χ2v) is 2.09. The van der Waals surface area contributed by atoms with Crippen LogP contribution in [0.4, 0.5) is 4.39 Å². The number of nitrogens with zero attached hydrogens (tertiary/aromatic N) is 1. The van der Waals surface area contributed by atoms with Crippen LogP contribution in [0.5, 0.6) is 0 Å². The van der Waals surface area contributed by atoms with Gasteiger partial charge in [0.2, 0.25) is 0 Å². The van der Waals surface area contributed by atoms with Crippen molar-refractivity contribution in [2.45, 2.75) is 13.3 Å². The molecule has 0 heterocycles. The first-order chi connectivity index (χ1) is 4.16. The highest BCUT2D eigenvalue weighted by Crippen LogP contribution is 1.86. The zero-order valence-electron chi connectivity index (χ0n) is 5.85. The van der Waals surface area contributed by atoms with Gasteiger partial charge in [-0.25, -0.2) is 0 Å². The van der Waals surface area contributed by atoms with E-state index in [1.807, 2.05) is 6.92 Å². The molecule has 0 bridgehead atoms. The van der Waals surface area contributed by atoms with Crippen molar-refractivity contribution in [1.82, 2.24) is 4.90 Å². The summed E-state index contributed by atoms with van der Waals surface area (Å²) in [6.45, 7) is 2.68. The first-order valence-corrected chi connectivity index (χ1v) is 3.03. The molecule has 0 N–H and O–H groups in total. The molecule has 0 atom stereocenters. The largest absolute Gasteiger partial charge is 0.315 e. The quantitative estimate of drug-likeness (QED) is 0.529. The number of hydrogen-bond acceptors (Lipinski definition) is 2. The summed E-state index contributed by atoms with van der Waals surface area (Å²) in [5, 5.41) is 0. The highest BCUT2D eigenvalue weighted by Gasteiger charge is 2.01. The normalized spacial score (nSPS) is 10.2. The van der Waals surface area contributed by atoms with Crippen LogP contribution in [0.3, 0.4) is 0 Å². The van der Waals surface area contributed by atoms with Gasteiger partial charge in [-0.2, -0.15) is 4.39 Å². The molecule has 0 saturated heterocycles. The number of likely N-dealkylation sites (N-methyl/N-ethyl adjacent to an activating group) is 1. The molecule has 54 valence electrons. The van der Waals surface area contributed by atoms with E-state index in [4.69, 9.17) is 0 Å². The molecule has 0 aliphatic carbocycles. The van der Waals surface area contributed by atoms with E-state index in [-0.39, 0.29) is 6.54 Å². The van der Waals surface area contributed by atoms with Crippen molar-refractivity contribution in [1.29, 1.82) is 0 Å². The second-order valence-electron chi connectivity index (χ2n) is 2.09. The molecule has 0 radical (unpaired) electrons. The molecule has 0 aliphatic rings. The fourth-order valence-electron chi connectivity index (χ4n) is 0.673. The van der Waals surface area contributed by atoms with E-state index in [1.54, 1.807) is 11.9 Å². The standard InChI is InChI=1S/C6H12FNO/c1-3-4-8(2)5-6(7)9/h3-5H2,1-2H3. The molecule has 0 aromatic carbocycles. The number of carbonyl (C=O) groups is 1. The lowest BCUT2D eigenvalue weighted by Crippen LogP contribution is -2.24. The van der Waals surface area contributed by atoms with Gasteiger partial charge in [0.05, 0.1) is 6.54 Å². The van der Waals surface area contributed by atoms with Crippen LogP contribution in [0.25, 0.3) is 0 Å². The van der Waals surface area contributed by atoms with Crippen LogP contribution in [-0.2, 0) is 4.79 Å². The van der Waals surface area contributed by atoms with E-state index >= 15 is 0 Å². The fraction of sp³-hybridized carbons (Fsp3) is 0.833. The van der Waals surface area contributed by atoms with E-state index in [1.165, 1.54) is 0 Å². The minimum absolute atomic E-state index is 0.0756. The third-order valence-corrected chi connectivity index (χ3v) is 1.000. The summed E-state index contributed by atoms with van der Waals surface area (Å²) < 4.78 is 11.6. The zero-order chi connectivity index (χ0) is 7.28. The van der Waals surface area contributed by atoms with Gasteiger partial charge in [0, 0.05) is 0 Å². The first kappa shape index (κ1) is 8.56. The minimum Gasteiger partial charge on any atom is -0.297 e. The number of rotatable bonds is 4. The van der Waals surface area contributed by atoms with Gasteiger partial charge in [-0.15, -0.1) is 0 Å². The highest BCUT2D eigenvalue weighted by atomic mass is 19.1. The Balaban J connectivity index is 3.26. The molecule has 0 aliphatic heterocycles. The van der Waals surface area contributed by atoms with Crippen LogP contribution >= 0.6 is 0 Å². The predicted molar refractivity (Wildman–Crippen MR) is 33.9 cm³/mol. The third kappa shape index (κ3) is 5.43. The van der Waals surface area contributed by atoms with Gasteiger partial charge < -0.3 is 0 Å². The van der Waals surface area contributed by atoms with Crippen molar-refractivity contribution >= 4 is 6.04 Å². The maximum absolute atomic E-state index is 11.6. The Morgan fingerprint density at radius 1 is 1.67 bits per heavy atom. The molecule has 0 aromatic rings. The van der Waals surface area contributed by atoms with Crippen molar-refractivity contribution in [2.75, 3.05) is 20.1 Å². The van der Waals surface area contributed by atoms with Gasteiger partial charge in [-0.3, -0.25) is 9.69 Å².